The quantitative estimate of drug-likeness (QED) is 0.116. The van der Waals surface area contributed by atoms with Crippen molar-refractivity contribution in [1.29, 1.82) is 0 Å². The molecule has 0 aromatic heterocycles. The Morgan fingerprint density at radius 2 is 1.60 bits per heavy atom. The molecule has 5 N–H and O–H groups in total. The van der Waals surface area contributed by atoms with Crippen LogP contribution in [0.4, 0.5) is 17.1 Å². The first kappa shape index (κ1) is 35.2. The number of anilines is 3. The lowest BCUT2D eigenvalue weighted by atomic mass is 9.68. The van der Waals surface area contributed by atoms with Gasteiger partial charge in [0.15, 0.2) is 5.84 Å². The molecule has 2 aliphatic rings. The fourth-order valence-corrected chi connectivity index (χ4v) is 8.46. The number of ketones is 1. The predicted molar refractivity (Wildman–Crippen MR) is 203 cm³/mol. The van der Waals surface area contributed by atoms with Crippen LogP contribution in [-0.2, 0) is 26.8 Å². The van der Waals surface area contributed by atoms with Gasteiger partial charge in [0.05, 0.1) is 17.6 Å². The third-order valence-electron chi connectivity index (χ3n) is 9.16. The number of nitrogens with zero attached hydrogens (tertiary/aromatic N) is 2. The van der Waals surface area contributed by atoms with Crippen LogP contribution in [0.1, 0.15) is 55.9 Å². The molecule has 0 fully saturated rings. The van der Waals surface area contributed by atoms with Crippen LogP contribution in [0.2, 0.25) is 0 Å². The van der Waals surface area contributed by atoms with Crippen molar-refractivity contribution in [3.05, 3.63) is 125 Å². The molecule has 1 aliphatic carbocycles. The van der Waals surface area contributed by atoms with Crippen LogP contribution in [0.15, 0.2) is 112 Å². The summed E-state index contributed by atoms with van der Waals surface area (Å²) in [6.07, 6.45) is 2.63. The Balaban J connectivity index is 1.53. The smallest absolute Gasteiger partial charge is 0.229 e. The van der Waals surface area contributed by atoms with E-state index in [-0.39, 0.29) is 38.9 Å². The first-order chi connectivity index (χ1) is 23.5. The molecule has 262 valence electrons. The second-order valence-electron chi connectivity index (χ2n) is 14.0. The summed E-state index contributed by atoms with van der Waals surface area (Å²) in [7, 11) is -5.69. The van der Waals surface area contributed by atoms with E-state index >= 15 is 4.79 Å². The summed E-state index contributed by atoms with van der Waals surface area (Å²) in [5, 5.41) is 14.9. The van der Waals surface area contributed by atoms with Gasteiger partial charge in [0.2, 0.25) is 15.8 Å². The standard InChI is InChI=1S/C38H42N4O6S2/c1-37(2,3)21-22-38(42(4)31-18-12-9-15-26(31)23-25-13-7-6-8-14-25)29-17-11-10-16-28(29)34(43)33(35(38)44)36-39-30-20-19-27(40-49(5,45)46)24-32(30)50(47,48)41-36/h6-20,24,40,43,47-48H,21-23H2,1-5H3,(H,39,41). The largest absolute Gasteiger partial charge is 0.506 e. The maximum Gasteiger partial charge on any atom is 0.229 e. The molecule has 0 radical (unpaired) electrons. The van der Waals surface area contributed by atoms with E-state index in [0.29, 0.717) is 30.4 Å². The molecule has 50 heavy (non-hydrogen) atoms. The molecule has 0 saturated heterocycles. The predicted octanol–water partition coefficient (Wildman–Crippen LogP) is 8.21. The Labute approximate surface area is 295 Å². The maximum absolute atomic E-state index is 15.4. The number of hydrogen-bond acceptors (Lipinski definition) is 9. The number of aliphatic hydroxyl groups is 1. The molecule has 10 nitrogen and oxygen atoms in total. The Hall–Kier alpha value is -4.62. The minimum atomic E-state index is -3.95. The van der Waals surface area contributed by atoms with Crippen molar-refractivity contribution in [3.63, 3.8) is 0 Å². The Kier molecular flexibility index (Phi) is 9.10. The van der Waals surface area contributed by atoms with Gasteiger partial charge in [0.1, 0.15) is 21.8 Å². The Morgan fingerprint density at radius 3 is 2.30 bits per heavy atom. The van der Waals surface area contributed by atoms with Gasteiger partial charge in [-0.05, 0) is 65.6 Å². The fourth-order valence-electron chi connectivity index (χ4n) is 6.72. The van der Waals surface area contributed by atoms with E-state index < -0.39 is 32.1 Å². The summed E-state index contributed by atoms with van der Waals surface area (Å²) in [6.45, 7) is 6.34. The van der Waals surface area contributed by atoms with Crippen LogP contribution in [0, 0.1) is 5.41 Å². The molecule has 1 heterocycles. The number of carbonyl (C=O) groups excluding carboxylic acids is 1. The molecular formula is C38H42N4O6S2. The highest BCUT2D eigenvalue weighted by molar-refractivity contribution is 8.23. The molecule has 1 unspecified atom stereocenters. The summed E-state index contributed by atoms with van der Waals surface area (Å²) in [5.74, 6) is -0.970. The lowest BCUT2D eigenvalue weighted by molar-refractivity contribution is -0.121. The molecule has 0 bridgehead atoms. The minimum Gasteiger partial charge on any atom is -0.506 e. The van der Waals surface area contributed by atoms with Gasteiger partial charge in [-0.25, -0.2) is 8.42 Å². The number of rotatable bonds is 9. The van der Waals surface area contributed by atoms with E-state index in [4.69, 9.17) is 0 Å². The summed E-state index contributed by atoms with van der Waals surface area (Å²) in [5.41, 5.74) is 2.69. The molecule has 4 aromatic rings. The van der Waals surface area contributed by atoms with E-state index in [1.54, 1.807) is 12.1 Å². The minimum absolute atomic E-state index is 0.0513. The number of likely N-dealkylation sites (N-methyl/N-ethyl adjacent to an activating group) is 1. The first-order valence-corrected chi connectivity index (χ1v) is 19.6. The van der Waals surface area contributed by atoms with Crippen molar-refractivity contribution in [2.24, 2.45) is 9.81 Å². The van der Waals surface area contributed by atoms with Gasteiger partial charge in [-0.2, -0.15) is 0 Å². The van der Waals surface area contributed by atoms with E-state index in [0.717, 1.165) is 23.1 Å². The van der Waals surface area contributed by atoms with Gasteiger partial charge >= 0.3 is 0 Å². The second kappa shape index (κ2) is 12.9. The lowest BCUT2D eigenvalue weighted by Crippen LogP contribution is -2.55. The Bertz CT molecular complexity index is 2140. The van der Waals surface area contributed by atoms with Crippen LogP contribution in [0.3, 0.4) is 0 Å². The van der Waals surface area contributed by atoms with Crippen molar-refractivity contribution in [2.75, 3.05) is 28.2 Å². The number of amidine groups is 1. The van der Waals surface area contributed by atoms with Crippen LogP contribution >= 0.6 is 10.8 Å². The van der Waals surface area contributed by atoms with Crippen molar-refractivity contribution in [2.45, 2.75) is 50.5 Å². The van der Waals surface area contributed by atoms with Crippen LogP contribution in [0.25, 0.3) is 5.76 Å². The summed E-state index contributed by atoms with van der Waals surface area (Å²) >= 11 is 0. The average Bonchev–Trinajstić information content (AvgIpc) is 3.04. The number of para-hydroxylation sites is 1. The molecule has 1 atom stereocenters. The fraction of sp³-hybridized carbons (Fsp3) is 0.263. The van der Waals surface area contributed by atoms with Crippen molar-refractivity contribution in [1.82, 2.24) is 0 Å². The number of sulfonamides is 1. The SMILES string of the molecule is CN(c1ccccc1Cc1ccccc1)C1(CCC(C)(C)C)C(=O)C(C2=NS(O)(O)c3cc(NS(C)(=O)=O)ccc3N2)=C(O)c2ccccc21. The zero-order chi connectivity index (χ0) is 36.1. The van der Waals surface area contributed by atoms with E-state index in [9.17, 15) is 22.6 Å². The second-order valence-corrected chi connectivity index (χ2v) is 17.4. The molecule has 0 saturated carbocycles. The van der Waals surface area contributed by atoms with Crippen LogP contribution in [0.5, 0.6) is 0 Å². The van der Waals surface area contributed by atoms with Crippen LogP contribution in [-0.4, -0.2) is 47.6 Å². The number of hydrogen-bond donors (Lipinski definition) is 5. The van der Waals surface area contributed by atoms with Gasteiger partial charge in [-0.3, -0.25) is 18.6 Å². The van der Waals surface area contributed by atoms with E-state index in [1.165, 1.54) is 18.2 Å². The number of fused-ring (bicyclic) bond motifs is 2. The van der Waals surface area contributed by atoms with Crippen molar-refractivity contribution < 1.29 is 27.4 Å². The molecule has 6 rings (SSSR count). The van der Waals surface area contributed by atoms with Gasteiger partial charge in [0.25, 0.3) is 0 Å². The normalized spacial score (nSPS) is 19.1. The van der Waals surface area contributed by atoms with Gasteiger partial charge in [-0.1, -0.05) is 104 Å². The average molecular weight is 715 g/mol. The third-order valence-corrected chi connectivity index (χ3v) is 11.1. The molecular weight excluding hydrogens is 673 g/mol. The van der Waals surface area contributed by atoms with Gasteiger partial charge in [-0.15, -0.1) is 4.40 Å². The molecule has 0 spiro atoms. The Morgan fingerprint density at radius 1 is 0.940 bits per heavy atom. The third kappa shape index (κ3) is 6.76. The van der Waals surface area contributed by atoms with E-state index in [1.807, 2.05) is 60.5 Å². The highest BCUT2D eigenvalue weighted by Crippen LogP contribution is 2.57. The number of aliphatic hydroxyl groups excluding tert-OH is 1. The molecule has 12 heteroatoms. The highest BCUT2D eigenvalue weighted by atomic mass is 32.3. The monoisotopic (exact) mass is 714 g/mol. The summed E-state index contributed by atoms with van der Waals surface area (Å²) < 4.78 is 52.9. The number of benzene rings is 4. The zero-order valence-corrected chi connectivity index (χ0v) is 30.3. The maximum atomic E-state index is 15.4. The number of nitrogens with one attached hydrogen (secondary N) is 2. The lowest BCUT2D eigenvalue weighted by Gasteiger charge is -2.47. The van der Waals surface area contributed by atoms with Gasteiger partial charge < -0.3 is 15.3 Å². The number of Topliss-reactive ketones (excluding diaryl/α,β-unsaturated/α-hetero) is 1. The van der Waals surface area contributed by atoms with Crippen molar-refractivity contribution in [3.8, 4) is 0 Å². The summed E-state index contributed by atoms with van der Waals surface area (Å²) in [6, 6.07) is 29.6. The van der Waals surface area contributed by atoms with E-state index in [2.05, 4.69) is 53.4 Å². The van der Waals surface area contributed by atoms with Crippen LogP contribution < -0.4 is 14.9 Å². The zero-order valence-electron chi connectivity index (χ0n) is 28.6. The molecule has 1 aliphatic heterocycles. The summed E-state index contributed by atoms with van der Waals surface area (Å²) in [4.78, 5) is 17.4. The molecule has 0 amide bonds. The van der Waals surface area contributed by atoms with Crippen molar-refractivity contribution >= 4 is 55.2 Å². The first-order valence-electron chi connectivity index (χ1n) is 16.2. The topological polar surface area (TPSA) is 152 Å². The van der Waals surface area contributed by atoms with Gasteiger partial charge in [0, 0.05) is 18.3 Å². The molecule has 4 aromatic carbocycles. The number of carbonyl (C=O) groups is 1. The highest BCUT2D eigenvalue weighted by Gasteiger charge is 2.53.